The van der Waals surface area contributed by atoms with Crippen LogP contribution in [0.3, 0.4) is 0 Å². The third-order valence-electron chi connectivity index (χ3n) is 2.63. The molecule has 15 heavy (non-hydrogen) atoms. The fourth-order valence-electron chi connectivity index (χ4n) is 1.84. The van der Waals surface area contributed by atoms with Crippen LogP contribution in [0.5, 0.6) is 0 Å². The topological polar surface area (TPSA) is 32.7 Å². The van der Waals surface area contributed by atoms with Crippen molar-refractivity contribution in [3.05, 3.63) is 0 Å². The molecule has 90 valence electrons. The molecule has 1 saturated heterocycles. The van der Waals surface area contributed by atoms with Gasteiger partial charge in [-0.15, -0.1) is 0 Å². The number of hydrogen-bond acceptors (Lipinski definition) is 3. The number of ether oxygens (including phenoxy) is 1. The second-order valence-corrected chi connectivity index (χ2v) is 5.44. The lowest BCUT2D eigenvalue weighted by atomic mass is 10.1. The quantitative estimate of drug-likeness (QED) is 0.774. The van der Waals surface area contributed by atoms with Crippen LogP contribution in [0.2, 0.25) is 0 Å². The van der Waals surface area contributed by atoms with E-state index in [2.05, 4.69) is 4.90 Å². The Kier molecular flexibility index (Phi) is 5.03. The van der Waals surface area contributed by atoms with E-state index >= 15 is 0 Å². The van der Waals surface area contributed by atoms with Gasteiger partial charge in [0.05, 0.1) is 18.3 Å². The van der Waals surface area contributed by atoms with E-state index in [0.29, 0.717) is 6.61 Å². The van der Waals surface area contributed by atoms with Crippen molar-refractivity contribution in [2.75, 3.05) is 26.2 Å². The van der Waals surface area contributed by atoms with Gasteiger partial charge in [-0.05, 0) is 46.7 Å². The van der Waals surface area contributed by atoms with E-state index in [4.69, 9.17) is 4.74 Å². The number of aliphatic hydroxyl groups is 1. The summed E-state index contributed by atoms with van der Waals surface area (Å²) < 4.78 is 5.56. The zero-order chi connectivity index (χ0) is 11.3. The summed E-state index contributed by atoms with van der Waals surface area (Å²) in [5.41, 5.74) is -0.150. The standard InChI is InChI=1S/C12H25NO2/c1-12(2,3)15-10-11(14)9-13-7-5-4-6-8-13/h11,14H,4-10H2,1-3H3. The van der Waals surface area contributed by atoms with Crippen molar-refractivity contribution >= 4 is 0 Å². The Bertz CT molecular complexity index is 171. The van der Waals surface area contributed by atoms with Gasteiger partial charge in [0, 0.05) is 6.54 Å². The number of β-amino-alcohol motifs (C(OH)–C–C–N with tert-alkyl or cyclic N) is 1. The molecule has 0 bridgehead atoms. The van der Waals surface area contributed by atoms with Crippen molar-refractivity contribution < 1.29 is 9.84 Å². The summed E-state index contributed by atoms with van der Waals surface area (Å²) in [6, 6.07) is 0. The maximum atomic E-state index is 9.80. The molecule has 3 heteroatoms. The zero-order valence-corrected chi connectivity index (χ0v) is 10.3. The van der Waals surface area contributed by atoms with Crippen molar-refractivity contribution in [2.45, 2.75) is 51.7 Å². The molecule has 0 spiro atoms. The lowest BCUT2D eigenvalue weighted by Crippen LogP contribution is -2.39. The van der Waals surface area contributed by atoms with Crippen LogP contribution in [-0.4, -0.2) is 48.0 Å². The minimum absolute atomic E-state index is 0.150. The van der Waals surface area contributed by atoms with Crippen molar-refractivity contribution in [1.29, 1.82) is 0 Å². The number of aliphatic hydroxyl groups excluding tert-OH is 1. The molecule has 1 atom stereocenters. The minimum Gasteiger partial charge on any atom is -0.389 e. The van der Waals surface area contributed by atoms with Crippen LogP contribution >= 0.6 is 0 Å². The molecule has 1 rings (SSSR count). The number of nitrogens with zero attached hydrogens (tertiary/aromatic N) is 1. The van der Waals surface area contributed by atoms with Crippen molar-refractivity contribution in [3.8, 4) is 0 Å². The van der Waals surface area contributed by atoms with Crippen LogP contribution in [0.15, 0.2) is 0 Å². The number of piperidine rings is 1. The predicted molar refractivity (Wildman–Crippen MR) is 62.0 cm³/mol. The van der Waals surface area contributed by atoms with Crippen LogP contribution in [0.4, 0.5) is 0 Å². The van der Waals surface area contributed by atoms with Gasteiger partial charge in [-0.25, -0.2) is 0 Å². The summed E-state index contributed by atoms with van der Waals surface area (Å²) in [6.45, 7) is 9.51. The van der Waals surface area contributed by atoms with E-state index in [9.17, 15) is 5.11 Å². The predicted octanol–water partition coefficient (Wildman–Crippen LogP) is 1.65. The summed E-state index contributed by atoms with van der Waals surface area (Å²) in [4.78, 5) is 2.33. The molecular weight excluding hydrogens is 190 g/mol. The van der Waals surface area contributed by atoms with Crippen LogP contribution in [0, 0.1) is 0 Å². The van der Waals surface area contributed by atoms with Gasteiger partial charge >= 0.3 is 0 Å². The van der Waals surface area contributed by atoms with Gasteiger partial charge in [-0.1, -0.05) is 6.42 Å². The first-order valence-electron chi connectivity index (χ1n) is 6.02. The number of likely N-dealkylation sites (tertiary alicyclic amines) is 1. The second kappa shape index (κ2) is 5.83. The Labute approximate surface area is 93.4 Å². The molecule has 1 unspecified atom stereocenters. The van der Waals surface area contributed by atoms with Crippen LogP contribution in [0.1, 0.15) is 40.0 Å². The molecule has 0 aromatic heterocycles. The molecule has 0 aromatic carbocycles. The monoisotopic (exact) mass is 215 g/mol. The van der Waals surface area contributed by atoms with Crippen molar-refractivity contribution in [1.82, 2.24) is 4.90 Å². The summed E-state index contributed by atoms with van der Waals surface area (Å²) in [7, 11) is 0. The molecule has 1 heterocycles. The Balaban J connectivity index is 2.14. The second-order valence-electron chi connectivity index (χ2n) is 5.44. The fraction of sp³-hybridized carbons (Fsp3) is 1.00. The van der Waals surface area contributed by atoms with Gasteiger partial charge in [-0.3, -0.25) is 0 Å². The first-order valence-corrected chi connectivity index (χ1v) is 6.02. The molecule has 1 aliphatic rings. The van der Waals surface area contributed by atoms with Gasteiger partial charge < -0.3 is 14.7 Å². The summed E-state index contributed by atoms with van der Waals surface area (Å²) >= 11 is 0. The van der Waals surface area contributed by atoms with Gasteiger partial charge in [0.15, 0.2) is 0 Å². The van der Waals surface area contributed by atoms with Gasteiger partial charge in [0.25, 0.3) is 0 Å². The zero-order valence-electron chi connectivity index (χ0n) is 10.3. The Hall–Kier alpha value is -0.120. The lowest BCUT2D eigenvalue weighted by Gasteiger charge is -2.29. The fourth-order valence-corrected chi connectivity index (χ4v) is 1.84. The highest BCUT2D eigenvalue weighted by atomic mass is 16.5. The van der Waals surface area contributed by atoms with E-state index < -0.39 is 0 Å². The van der Waals surface area contributed by atoms with E-state index in [-0.39, 0.29) is 11.7 Å². The summed E-state index contributed by atoms with van der Waals surface area (Å²) in [5.74, 6) is 0. The van der Waals surface area contributed by atoms with E-state index in [1.165, 1.54) is 19.3 Å². The van der Waals surface area contributed by atoms with Crippen molar-refractivity contribution in [2.24, 2.45) is 0 Å². The Morgan fingerprint density at radius 1 is 1.20 bits per heavy atom. The molecule has 0 saturated carbocycles. The molecular formula is C12H25NO2. The van der Waals surface area contributed by atoms with Crippen LogP contribution in [0.25, 0.3) is 0 Å². The van der Waals surface area contributed by atoms with Crippen molar-refractivity contribution in [3.63, 3.8) is 0 Å². The number of rotatable bonds is 4. The maximum absolute atomic E-state index is 9.80. The molecule has 0 aromatic rings. The SMILES string of the molecule is CC(C)(C)OCC(O)CN1CCCCC1. The average Bonchev–Trinajstić information content (AvgIpc) is 2.15. The largest absolute Gasteiger partial charge is 0.389 e. The lowest BCUT2D eigenvalue weighted by molar-refractivity contribution is -0.0570. The Morgan fingerprint density at radius 3 is 2.33 bits per heavy atom. The van der Waals surface area contributed by atoms with E-state index in [0.717, 1.165) is 19.6 Å². The Morgan fingerprint density at radius 2 is 1.80 bits per heavy atom. The van der Waals surface area contributed by atoms with Crippen LogP contribution < -0.4 is 0 Å². The smallest absolute Gasteiger partial charge is 0.0900 e. The molecule has 0 amide bonds. The molecule has 3 nitrogen and oxygen atoms in total. The third-order valence-corrected chi connectivity index (χ3v) is 2.63. The van der Waals surface area contributed by atoms with E-state index in [1.807, 2.05) is 20.8 Å². The highest BCUT2D eigenvalue weighted by Gasteiger charge is 2.17. The van der Waals surface area contributed by atoms with Crippen LogP contribution in [-0.2, 0) is 4.74 Å². The normalized spacial score (nSPS) is 21.6. The van der Waals surface area contributed by atoms with Gasteiger partial charge in [0.2, 0.25) is 0 Å². The van der Waals surface area contributed by atoms with Gasteiger partial charge in [-0.2, -0.15) is 0 Å². The third kappa shape index (κ3) is 6.13. The molecule has 1 aliphatic heterocycles. The van der Waals surface area contributed by atoms with E-state index in [1.54, 1.807) is 0 Å². The first kappa shape index (κ1) is 12.9. The van der Waals surface area contributed by atoms with Gasteiger partial charge in [0.1, 0.15) is 0 Å². The number of hydrogen-bond donors (Lipinski definition) is 1. The maximum Gasteiger partial charge on any atom is 0.0900 e. The first-order chi connectivity index (χ1) is 6.97. The highest BCUT2D eigenvalue weighted by molar-refractivity contribution is 4.70. The molecule has 0 radical (unpaired) electrons. The highest BCUT2D eigenvalue weighted by Crippen LogP contribution is 2.11. The molecule has 1 fully saturated rings. The molecule has 1 N–H and O–H groups in total. The molecule has 0 aliphatic carbocycles. The summed E-state index contributed by atoms with van der Waals surface area (Å²) in [6.07, 6.45) is 3.53. The summed E-state index contributed by atoms with van der Waals surface area (Å²) in [5, 5.41) is 9.80. The minimum atomic E-state index is -0.345. The average molecular weight is 215 g/mol.